The van der Waals surface area contributed by atoms with E-state index in [-0.39, 0.29) is 13.0 Å². The first-order valence-electron chi connectivity index (χ1n) is 3.71. The highest BCUT2D eigenvalue weighted by atomic mass is 16.5. The first-order chi connectivity index (χ1) is 5.56. The molecule has 0 aromatic rings. The van der Waals surface area contributed by atoms with Gasteiger partial charge in [-0.3, -0.25) is 4.79 Å². The van der Waals surface area contributed by atoms with E-state index in [4.69, 9.17) is 5.11 Å². The third-order valence-corrected chi connectivity index (χ3v) is 1.12. The first-order valence-corrected chi connectivity index (χ1v) is 3.71. The van der Waals surface area contributed by atoms with Gasteiger partial charge in [0.1, 0.15) is 0 Å². The summed E-state index contributed by atoms with van der Waals surface area (Å²) in [5.74, 6) is -0.945. The number of amides is 1. The topological polar surface area (TPSA) is 75.6 Å². The molecule has 0 fully saturated rings. The van der Waals surface area contributed by atoms with Gasteiger partial charge in [0.2, 0.25) is 0 Å². The summed E-state index contributed by atoms with van der Waals surface area (Å²) >= 11 is 0. The standard InChI is InChI=1S/C7H13NO4/c1-3-12-7(11)8-5(2)4-6(9)10/h5H,3-4H2,1-2H3,(H,8,11)(H,9,10). The smallest absolute Gasteiger partial charge is 0.407 e. The highest BCUT2D eigenvalue weighted by Crippen LogP contribution is 1.90. The molecule has 0 rings (SSSR count). The van der Waals surface area contributed by atoms with E-state index in [1.807, 2.05) is 0 Å². The zero-order valence-corrected chi connectivity index (χ0v) is 7.16. The highest BCUT2D eigenvalue weighted by molar-refractivity contribution is 5.71. The van der Waals surface area contributed by atoms with Crippen LogP contribution in [0.2, 0.25) is 0 Å². The molecule has 5 heteroatoms. The molecule has 0 aliphatic rings. The van der Waals surface area contributed by atoms with Crippen LogP contribution in [0.4, 0.5) is 4.79 Å². The number of nitrogens with one attached hydrogen (secondary N) is 1. The Kier molecular flexibility index (Phi) is 4.83. The van der Waals surface area contributed by atoms with E-state index in [2.05, 4.69) is 10.1 Å². The Morgan fingerprint density at radius 3 is 2.58 bits per heavy atom. The summed E-state index contributed by atoms with van der Waals surface area (Å²) in [6.45, 7) is 3.57. The number of carbonyl (C=O) groups excluding carboxylic acids is 1. The maximum atomic E-state index is 10.7. The molecule has 0 aromatic carbocycles. The molecule has 0 aromatic heterocycles. The van der Waals surface area contributed by atoms with E-state index < -0.39 is 18.1 Å². The fourth-order valence-corrected chi connectivity index (χ4v) is 0.687. The Balaban J connectivity index is 3.61. The molecule has 5 nitrogen and oxygen atoms in total. The average molecular weight is 175 g/mol. The Hall–Kier alpha value is -1.26. The van der Waals surface area contributed by atoms with Crippen molar-refractivity contribution in [1.29, 1.82) is 0 Å². The molecule has 1 amide bonds. The van der Waals surface area contributed by atoms with Crippen LogP contribution in [-0.2, 0) is 9.53 Å². The van der Waals surface area contributed by atoms with Gasteiger partial charge in [0.25, 0.3) is 0 Å². The Morgan fingerprint density at radius 1 is 1.58 bits per heavy atom. The van der Waals surface area contributed by atoms with Crippen LogP contribution in [0, 0.1) is 0 Å². The molecule has 0 heterocycles. The lowest BCUT2D eigenvalue weighted by Gasteiger charge is -2.10. The summed E-state index contributed by atoms with van der Waals surface area (Å²) in [5, 5.41) is 10.7. The fraction of sp³-hybridized carbons (Fsp3) is 0.714. The van der Waals surface area contributed by atoms with Crippen LogP contribution in [-0.4, -0.2) is 29.8 Å². The lowest BCUT2D eigenvalue weighted by molar-refractivity contribution is -0.137. The van der Waals surface area contributed by atoms with Gasteiger partial charge in [-0.05, 0) is 13.8 Å². The number of carboxylic acids is 1. The predicted molar refractivity (Wildman–Crippen MR) is 41.9 cm³/mol. The van der Waals surface area contributed by atoms with Crippen molar-refractivity contribution in [2.45, 2.75) is 26.3 Å². The molecule has 0 bridgehead atoms. The summed E-state index contributed by atoms with van der Waals surface area (Å²) in [6, 6.07) is -0.401. The molecule has 12 heavy (non-hydrogen) atoms. The van der Waals surface area contributed by atoms with Crippen molar-refractivity contribution in [3.63, 3.8) is 0 Å². The fourth-order valence-electron chi connectivity index (χ4n) is 0.687. The van der Waals surface area contributed by atoms with Crippen LogP contribution < -0.4 is 5.32 Å². The van der Waals surface area contributed by atoms with Crippen LogP contribution in [0.3, 0.4) is 0 Å². The van der Waals surface area contributed by atoms with E-state index >= 15 is 0 Å². The summed E-state index contributed by atoms with van der Waals surface area (Å²) in [4.78, 5) is 20.9. The molecule has 0 spiro atoms. The van der Waals surface area contributed by atoms with Crippen molar-refractivity contribution >= 4 is 12.1 Å². The van der Waals surface area contributed by atoms with Crippen molar-refractivity contribution in [2.75, 3.05) is 6.61 Å². The molecule has 1 unspecified atom stereocenters. The summed E-state index contributed by atoms with van der Waals surface area (Å²) in [5.41, 5.74) is 0. The number of carboxylic acid groups (broad SMARTS) is 1. The number of ether oxygens (including phenoxy) is 1. The van der Waals surface area contributed by atoms with Crippen molar-refractivity contribution < 1.29 is 19.4 Å². The molecule has 2 N–H and O–H groups in total. The van der Waals surface area contributed by atoms with Gasteiger partial charge in [0.15, 0.2) is 0 Å². The average Bonchev–Trinajstić information content (AvgIpc) is 1.84. The monoisotopic (exact) mass is 175 g/mol. The van der Waals surface area contributed by atoms with Crippen molar-refractivity contribution in [3.8, 4) is 0 Å². The molecule has 0 saturated carbocycles. The predicted octanol–water partition coefficient (Wildman–Crippen LogP) is 0.596. The molecule has 0 aliphatic carbocycles. The molecular formula is C7H13NO4. The zero-order valence-electron chi connectivity index (χ0n) is 7.16. The van der Waals surface area contributed by atoms with Gasteiger partial charge < -0.3 is 15.2 Å². The second kappa shape index (κ2) is 5.40. The summed E-state index contributed by atoms with van der Waals surface area (Å²) in [6.07, 6.45) is -0.676. The largest absolute Gasteiger partial charge is 0.481 e. The van der Waals surface area contributed by atoms with Gasteiger partial charge in [-0.15, -0.1) is 0 Å². The number of hydrogen-bond donors (Lipinski definition) is 2. The second-order valence-electron chi connectivity index (χ2n) is 2.36. The lowest BCUT2D eigenvalue weighted by Crippen LogP contribution is -2.34. The second-order valence-corrected chi connectivity index (χ2v) is 2.36. The highest BCUT2D eigenvalue weighted by Gasteiger charge is 2.10. The van der Waals surface area contributed by atoms with Crippen LogP contribution in [0.25, 0.3) is 0 Å². The third kappa shape index (κ3) is 5.52. The molecule has 0 aliphatic heterocycles. The van der Waals surface area contributed by atoms with E-state index in [0.29, 0.717) is 0 Å². The summed E-state index contributed by atoms with van der Waals surface area (Å²) in [7, 11) is 0. The van der Waals surface area contributed by atoms with Crippen molar-refractivity contribution in [2.24, 2.45) is 0 Å². The Bertz CT molecular complexity index is 169. The molecule has 70 valence electrons. The number of carbonyl (C=O) groups is 2. The van der Waals surface area contributed by atoms with Crippen molar-refractivity contribution in [1.82, 2.24) is 5.32 Å². The number of aliphatic carboxylic acids is 1. The maximum Gasteiger partial charge on any atom is 0.407 e. The molecule has 0 radical (unpaired) electrons. The quantitative estimate of drug-likeness (QED) is 0.655. The molecular weight excluding hydrogens is 162 g/mol. The van der Waals surface area contributed by atoms with Crippen LogP contribution in [0.15, 0.2) is 0 Å². The van der Waals surface area contributed by atoms with Gasteiger partial charge in [-0.25, -0.2) is 4.79 Å². The van der Waals surface area contributed by atoms with E-state index in [1.165, 1.54) is 0 Å². The van der Waals surface area contributed by atoms with Gasteiger partial charge in [-0.2, -0.15) is 0 Å². The summed E-state index contributed by atoms with van der Waals surface area (Å²) < 4.78 is 4.55. The van der Waals surface area contributed by atoms with Gasteiger partial charge in [0.05, 0.1) is 13.0 Å². The lowest BCUT2D eigenvalue weighted by atomic mass is 10.2. The minimum Gasteiger partial charge on any atom is -0.481 e. The normalized spacial score (nSPS) is 11.8. The number of rotatable bonds is 4. The van der Waals surface area contributed by atoms with Crippen LogP contribution >= 0.6 is 0 Å². The number of alkyl carbamates (subject to hydrolysis) is 1. The first kappa shape index (κ1) is 10.7. The van der Waals surface area contributed by atoms with E-state index in [0.717, 1.165) is 0 Å². The van der Waals surface area contributed by atoms with E-state index in [9.17, 15) is 9.59 Å². The minimum atomic E-state index is -0.945. The Morgan fingerprint density at radius 2 is 2.17 bits per heavy atom. The van der Waals surface area contributed by atoms with Crippen LogP contribution in [0.1, 0.15) is 20.3 Å². The SMILES string of the molecule is CCOC(=O)NC(C)CC(=O)O. The van der Waals surface area contributed by atoms with Crippen molar-refractivity contribution in [3.05, 3.63) is 0 Å². The molecule has 0 saturated heterocycles. The zero-order chi connectivity index (χ0) is 9.56. The van der Waals surface area contributed by atoms with Gasteiger partial charge in [0, 0.05) is 6.04 Å². The Labute approximate surface area is 70.7 Å². The third-order valence-electron chi connectivity index (χ3n) is 1.12. The van der Waals surface area contributed by atoms with Crippen LogP contribution in [0.5, 0.6) is 0 Å². The van der Waals surface area contributed by atoms with E-state index in [1.54, 1.807) is 13.8 Å². The molecule has 1 atom stereocenters. The maximum absolute atomic E-state index is 10.7. The number of hydrogen-bond acceptors (Lipinski definition) is 3. The van der Waals surface area contributed by atoms with Gasteiger partial charge >= 0.3 is 12.1 Å². The van der Waals surface area contributed by atoms with Gasteiger partial charge in [-0.1, -0.05) is 0 Å². The minimum absolute atomic E-state index is 0.0984.